The molecule has 0 fully saturated rings. The average molecular weight is 249 g/mol. The van der Waals surface area contributed by atoms with E-state index in [2.05, 4.69) is 35.3 Å². The molecule has 0 radical (unpaired) electrons. The van der Waals surface area contributed by atoms with E-state index in [9.17, 15) is 0 Å². The number of H-pyrrole nitrogens is 1. The minimum Gasteiger partial charge on any atom is -0.329 e. The van der Waals surface area contributed by atoms with Gasteiger partial charge in [0.15, 0.2) is 4.77 Å². The van der Waals surface area contributed by atoms with Gasteiger partial charge in [-0.3, -0.25) is 4.98 Å². The molecule has 3 nitrogen and oxygen atoms in total. The van der Waals surface area contributed by atoms with Crippen LogP contribution in [0.4, 0.5) is 0 Å². The van der Waals surface area contributed by atoms with Gasteiger partial charge in [-0.25, -0.2) is 0 Å². The highest BCUT2D eigenvalue weighted by Crippen LogP contribution is 2.24. The second-order valence-corrected chi connectivity index (χ2v) is 5.18. The fraction of sp³-hybridized carbons (Fsp3) is 0.538. The molecule has 0 aromatic carbocycles. The Bertz CT molecular complexity index is 555. The Morgan fingerprint density at radius 1 is 1.47 bits per heavy atom. The van der Waals surface area contributed by atoms with Gasteiger partial charge in [0.1, 0.15) is 0 Å². The van der Waals surface area contributed by atoms with Gasteiger partial charge in [0.2, 0.25) is 0 Å². The topological polar surface area (TPSA) is 33.6 Å². The van der Waals surface area contributed by atoms with Gasteiger partial charge in [-0.2, -0.15) is 0 Å². The molecule has 2 rings (SSSR count). The first-order valence-electron chi connectivity index (χ1n) is 6.17. The quantitative estimate of drug-likeness (QED) is 0.828. The third kappa shape index (κ3) is 2.41. The molecule has 0 saturated carbocycles. The second-order valence-electron chi connectivity index (χ2n) is 4.79. The summed E-state index contributed by atoms with van der Waals surface area (Å²) in [5, 5.41) is 0. The maximum Gasteiger partial charge on any atom is 0.178 e. The first kappa shape index (κ1) is 12.3. The zero-order valence-corrected chi connectivity index (χ0v) is 11.4. The fourth-order valence-electron chi connectivity index (χ4n) is 2.27. The van der Waals surface area contributed by atoms with Crippen molar-refractivity contribution in [3.05, 3.63) is 23.2 Å². The molecule has 4 heteroatoms. The van der Waals surface area contributed by atoms with Crippen LogP contribution in [0.15, 0.2) is 18.5 Å². The molecular formula is C13H19N3S. The third-order valence-electron chi connectivity index (χ3n) is 3.40. The van der Waals surface area contributed by atoms with Gasteiger partial charge in [-0.15, -0.1) is 0 Å². The van der Waals surface area contributed by atoms with Crippen LogP contribution in [-0.4, -0.2) is 14.5 Å². The highest BCUT2D eigenvalue weighted by molar-refractivity contribution is 7.71. The minimum absolute atomic E-state index is 0.425. The summed E-state index contributed by atoms with van der Waals surface area (Å²) in [5.41, 5.74) is 2.18. The van der Waals surface area contributed by atoms with Crippen LogP contribution in [0.1, 0.15) is 39.7 Å². The molecule has 17 heavy (non-hydrogen) atoms. The van der Waals surface area contributed by atoms with Crippen molar-refractivity contribution >= 4 is 23.3 Å². The molecule has 0 spiro atoms. The number of fused-ring (bicyclic) bond motifs is 1. The SMILES string of the molecule is CCC(C)CC(C)n1c(=S)[nH]c2cnccc21. The molecule has 2 aromatic heterocycles. The summed E-state index contributed by atoms with van der Waals surface area (Å²) in [5.74, 6) is 0.721. The summed E-state index contributed by atoms with van der Waals surface area (Å²) in [7, 11) is 0. The normalized spacial score (nSPS) is 15.0. The van der Waals surface area contributed by atoms with E-state index in [-0.39, 0.29) is 0 Å². The number of hydrogen-bond donors (Lipinski definition) is 1. The van der Waals surface area contributed by atoms with Crippen molar-refractivity contribution in [1.29, 1.82) is 0 Å². The number of hydrogen-bond acceptors (Lipinski definition) is 2. The Hall–Kier alpha value is -1.16. The summed E-state index contributed by atoms with van der Waals surface area (Å²) in [4.78, 5) is 7.33. The van der Waals surface area contributed by atoms with E-state index in [1.165, 1.54) is 6.42 Å². The van der Waals surface area contributed by atoms with E-state index in [1.54, 1.807) is 0 Å². The van der Waals surface area contributed by atoms with Crippen LogP contribution < -0.4 is 0 Å². The van der Waals surface area contributed by atoms with Crippen molar-refractivity contribution in [1.82, 2.24) is 14.5 Å². The van der Waals surface area contributed by atoms with Crippen molar-refractivity contribution in [3.8, 4) is 0 Å². The van der Waals surface area contributed by atoms with Gasteiger partial charge in [0, 0.05) is 12.2 Å². The van der Waals surface area contributed by atoms with Gasteiger partial charge in [0.05, 0.1) is 17.2 Å². The van der Waals surface area contributed by atoms with Gasteiger partial charge in [0.25, 0.3) is 0 Å². The summed E-state index contributed by atoms with van der Waals surface area (Å²) < 4.78 is 3.00. The number of nitrogens with one attached hydrogen (secondary N) is 1. The molecule has 0 amide bonds. The van der Waals surface area contributed by atoms with Crippen molar-refractivity contribution in [2.24, 2.45) is 5.92 Å². The monoisotopic (exact) mass is 249 g/mol. The Balaban J connectivity index is 2.40. The molecule has 92 valence electrons. The lowest BCUT2D eigenvalue weighted by atomic mass is 10.0. The molecule has 1 N–H and O–H groups in total. The lowest BCUT2D eigenvalue weighted by molar-refractivity contribution is 0.402. The van der Waals surface area contributed by atoms with Crippen molar-refractivity contribution in [3.63, 3.8) is 0 Å². The first-order chi connectivity index (χ1) is 8.13. The maximum atomic E-state index is 5.40. The number of pyridine rings is 1. The molecule has 2 atom stereocenters. The molecule has 0 aliphatic carbocycles. The van der Waals surface area contributed by atoms with Crippen LogP contribution in [0.5, 0.6) is 0 Å². The molecular weight excluding hydrogens is 230 g/mol. The van der Waals surface area contributed by atoms with Crippen molar-refractivity contribution < 1.29 is 0 Å². The Morgan fingerprint density at radius 3 is 2.94 bits per heavy atom. The van der Waals surface area contributed by atoms with Crippen LogP contribution in [0.25, 0.3) is 11.0 Å². The largest absolute Gasteiger partial charge is 0.329 e. The fourth-order valence-corrected chi connectivity index (χ4v) is 2.66. The summed E-state index contributed by atoms with van der Waals surface area (Å²) in [6, 6.07) is 2.45. The summed E-state index contributed by atoms with van der Waals surface area (Å²) >= 11 is 5.40. The van der Waals surface area contributed by atoms with Crippen molar-refractivity contribution in [2.75, 3.05) is 0 Å². The highest BCUT2D eigenvalue weighted by atomic mass is 32.1. The summed E-state index contributed by atoms with van der Waals surface area (Å²) in [6.45, 7) is 6.75. The predicted molar refractivity (Wildman–Crippen MR) is 73.7 cm³/mol. The van der Waals surface area contributed by atoms with E-state index in [4.69, 9.17) is 12.2 Å². The van der Waals surface area contributed by atoms with E-state index in [0.717, 1.165) is 28.1 Å². The van der Waals surface area contributed by atoms with E-state index < -0.39 is 0 Å². The molecule has 0 saturated heterocycles. The smallest absolute Gasteiger partial charge is 0.178 e. The van der Waals surface area contributed by atoms with Crippen molar-refractivity contribution in [2.45, 2.75) is 39.7 Å². The standard InChI is InChI=1S/C13H19N3S/c1-4-9(2)7-10(3)16-12-5-6-14-8-11(12)15-13(16)17/h5-6,8-10H,4,7H2,1-3H3,(H,15,17). The zero-order chi connectivity index (χ0) is 12.4. The lowest BCUT2D eigenvalue weighted by Crippen LogP contribution is -2.09. The van der Waals surface area contributed by atoms with Gasteiger partial charge in [-0.05, 0) is 37.5 Å². The Labute approximate surface area is 107 Å². The molecule has 0 aliphatic rings. The predicted octanol–water partition coefficient (Wildman–Crippen LogP) is 4.09. The number of rotatable bonds is 4. The summed E-state index contributed by atoms with van der Waals surface area (Å²) in [6.07, 6.45) is 6.01. The van der Waals surface area contributed by atoms with Crippen LogP contribution in [0, 0.1) is 10.7 Å². The Morgan fingerprint density at radius 2 is 2.24 bits per heavy atom. The van der Waals surface area contributed by atoms with Gasteiger partial charge >= 0.3 is 0 Å². The molecule has 2 unspecified atom stereocenters. The molecule has 0 bridgehead atoms. The number of nitrogens with zero attached hydrogens (tertiary/aromatic N) is 2. The van der Waals surface area contributed by atoms with E-state index in [1.807, 2.05) is 18.5 Å². The minimum atomic E-state index is 0.425. The van der Waals surface area contributed by atoms with Gasteiger partial charge in [-0.1, -0.05) is 20.3 Å². The molecule has 2 heterocycles. The lowest BCUT2D eigenvalue weighted by Gasteiger charge is -2.18. The Kier molecular flexibility index (Phi) is 3.62. The zero-order valence-electron chi connectivity index (χ0n) is 10.6. The molecule has 0 aliphatic heterocycles. The maximum absolute atomic E-state index is 5.40. The van der Waals surface area contributed by atoms with Crippen LogP contribution in [0.2, 0.25) is 0 Å². The average Bonchev–Trinajstić information content (AvgIpc) is 2.64. The van der Waals surface area contributed by atoms with Crippen LogP contribution in [0.3, 0.4) is 0 Å². The van der Waals surface area contributed by atoms with E-state index >= 15 is 0 Å². The van der Waals surface area contributed by atoms with Crippen LogP contribution >= 0.6 is 12.2 Å². The third-order valence-corrected chi connectivity index (χ3v) is 3.70. The number of aromatic nitrogens is 3. The highest BCUT2D eigenvalue weighted by Gasteiger charge is 2.13. The number of aromatic amines is 1. The number of imidazole rings is 1. The first-order valence-corrected chi connectivity index (χ1v) is 6.58. The van der Waals surface area contributed by atoms with Gasteiger partial charge < -0.3 is 9.55 Å². The second kappa shape index (κ2) is 5.00. The van der Waals surface area contributed by atoms with E-state index in [0.29, 0.717) is 6.04 Å². The van der Waals surface area contributed by atoms with Crippen LogP contribution in [-0.2, 0) is 0 Å². The molecule has 2 aromatic rings.